The Morgan fingerprint density at radius 1 is 1.54 bits per heavy atom. The van der Waals surface area contributed by atoms with Gasteiger partial charge in [-0.2, -0.15) is 0 Å². The molecule has 0 bridgehead atoms. The Kier molecular flexibility index (Phi) is 5.09. The lowest BCUT2D eigenvalue weighted by Crippen LogP contribution is -2.18. The summed E-state index contributed by atoms with van der Waals surface area (Å²) in [6.07, 6.45) is 3.88. The third-order valence-electron chi connectivity index (χ3n) is 2.12. The summed E-state index contributed by atoms with van der Waals surface area (Å²) in [6.45, 7) is 9.73. The van der Waals surface area contributed by atoms with Crippen molar-refractivity contribution in [1.82, 2.24) is 5.32 Å². The molecule has 1 saturated carbocycles. The molecule has 2 nitrogen and oxygen atoms in total. The molecule has 1 aliphatic carbocycles. The van der Waals surface area contributed by atoms with Gasteiger partial charge in [-0.05, 0) is 38.6 Å². The monoisotopic (exact) mass is 183 g/mol. The molecule has 0 unspecified atom stereocenters. The first-order valence-electron chi connectivity index (χ1n) is 5.22. The van der Waals surface area contributed by atoms with Gasteiger partial charge in [0, 0.05) is 19.8 Å². The number of nitrogens with one attached hydrogen (secondary N) is 1. The summed E-state index contributed by atoms with van der Waals surface area (Å²) < 4.78 is 5.50. The van der Waals surface area contributed by atoms with Crippen molar-refractivity contribution in [3.05, 3.63) is 12.2 Å². The number of rotatable bonds is 8. The van der Waals surface area contributed by atoms with Crippen LogP contribution in [-0.2, 0) is 4.74 Å². The molecule has 2 heteroatoms. The van der Waals surface area contributed by atoms with E-state index in [0.29, 0.717) is 0 Å². The minimum atomic E-state index is 0.892. The molecule has 0 aromatic carbocycles. The Balaban J connectivity index is 1.70. The SMILES string of the molecule is C=C(C)CNCCCOCC1CC1. The van der Waals surface area contributed by atoms with Crippen molar-refractivity contribution in [2.24, 2.45) is 5.92 Å². The topological polar surface area (TPSA) is 21.3 Å². The molecule has 1 N–H and O–H groups in total. The van der Waals surface area contributed by atoms with Crippen molar-refractivity contribution in [3.63, 3.8) is 0 Å². The van der Waals surface area contributed by atoms with Crippen molar-refractivity contribution in [3.8, 4) is 0 Å². The van der Waals surface area contributed by atoms with Crippen LogP contribution in [0, 0.1) is 5.92 Å². The average molecular weight is 183 g/mol. The molecular weight excluding hydrogens is 162 g/mol. The van der Waals surface area contributed by atoms with Gasteiger partial charge in [-0.15, -0.1) is 0 Å². The van der Waals surface area contributed by atoms with Crippen LogP contribution in [-0.4, -0.2) is 26.3 Å². The lowest BCUT2D eigenvalue weighted by molar-refractivity contribution is 0.122. The van der Waals surface area contributed by atoms with Crippen LogP contribution < -0.4 is 5.32 Å². The molecule has 13 heavy (non-hydrogen) atoms. The Morgan fingerprint density at radius 2 is 2.31 bits per heavy atom. The maximum atomic E-state index is 5.50. The van der Waals surface area contributed by atoms with E-state index in [0.717, 1.165) is 38.6 Å². The lowest BCUT2D eigenvalue weighted by atomic mass is 10.3. The van der Waals surface area contributed by atoms with Gasteiger partial charge in [-0.3, -0.25) is 0 Å². The molecule has 0 amide bonds. The highest BCUT2D eigenvalue weighted by molar-refractivity contribution is 4.90. The lowest BCUT2D eigenvalue weighted by Gasteiger charge is -2.04. The predicted octanol–water partition coefficient (Wildman–Crippen LogP) is 1.97. The Bertz CT molecular complexity index is 152. The summed E-state index contributed by atoms with van der Waals surface area (Å²) in [7, 11) is 0. The van der Waals surface area contributed by atoms with E-state index in [-0.39, 0.29) is 0 Å². The van der Waals surface area contributed by atoms with Gasteiger partial charge < -0.3 is 10.1 Å². The van der Waals surface area contributed by atoms with E-state index in [4.69, 9.17) is 4.74 Å². The molecule has 1 aliphatic rings. The molecule has 0 aliphatic heterocycles. The van der Waals surface area contributed by atoms with Crippen LogP contribution in [0.25, 0.3) is 0 Å². The first-order valence-corrected chi connectivity index (χ1v) is 5.22. The quantitative estimate of drug-likeness (QED) is 0.459. The molecule has 0 saturated heterocycles. The highest BCUT2D eigenvalue weighted by atomic mass is 16.5. The van der Waals surface area contributed by atoms with Crippen LogP contribution in [0.5, 0.6) is 0 Å². The molecular formula is C11H21NO. The molecule has 1 rings (SSSR count). The largest absolute Gasteiger partial charge is 0.381 e. The normalized spacial score (nSPS) is 16.1. The summed E-state index contributed by atoms with van der Waals surface area (Å²) in [5.41, 5.74) is 1.19. The van der Waals surface area contributed by atoms with Crippen molar-refractivity contribution >= 4 is 0 Å². The minimum absolute atomic E-state index is 0.892. The second-order valence-corrected chi connectivity index (χ2v) is 4.01. The van der Waals surface area contributed by atoms with Crippen LogP contribution in [0.1, 0.15) is 26.2 Å². The Morgan fingerprint density at radius 3 is 2.92 bits per heavy atom. The van der Waals surface area contributed by atoms with E-state index in [1.165, 1.54) is 18.4 Å². The smallest absolute Gasteiger partial charge is 0.0494 e. The van der Waals surface area contributed by atoms with Crippen LogP contribution in [0.2, 0.25) is 0 Å². The summed E-state index contributed by atoms with van der Waals surface area (Å²) in [6, 6.07) is 0. The highest BCUT2D eigenvalue weighted by Gasteiger charge is 2.20. The van der Waals surface area contributed by atoms with Crippen LogP contribution in [0.3, 0.4) is 0 Å². The standard InChI is InChI=1S/C11H21NO/c1-10(2)8-12-6-3-7-13-9-11-4-5-11/h11-12H,1,3-9H2,2H3. The van der Waals surface area contributed by atoms with Gasteiger partial charge in [0.05, 0.1) is 0 Å². The molecule has 0 aromatic rings. The fourth-order valence-corrected chi connectivity index (χ4v) is 1.14. The van der Waals surface area contributed by atoms with Gasteiger partial charge in [0.2, 0.25) is 0 Å². The van der Waals surface area contributed by atoms with Crippen molar-refractivity contribution < 1.29 is 4.74 Å². The summed E-state index contributed by atoms with van der Waals surface area (Å²) in [5, 5.41) is 3.31. The zero-order valence-electron chi connectivity index (χ0n) is 8.64. The summed E-state index contributed by atoms with van der Waals surface area (Å²) in [4.78, 5) is 0. The second-order valence-electron chi connectivity index (χ2n) is 4.01. The molecule has 0 heterocycles. The van der Waals surface area contributed by atoms with Crippen LogP contribution in [0.4, 0.5) is 0 Å². The Hall–Kier alpha value is -0.340. The van der Waals surface area contributed by atoms with Crippen LogP contribution in [0.15, 0.2) is 12.2 Å². The minimum Gasteiger partial charge on any atom is -0.381 e. The zero-order valence-corrected chi connectivity index (χ0v) is 8.64. The predicted molar refractivity (Wildman–Crippen MR) is 55.8 cm³/mol. The molecule has 76 valence electrons. The van der Waals surface area contributed by atoms with Gasteiger partial charge in [0.15, 0.2) is 0 Å². The van der Waals surface area contributed by atoms with Gasteiger partial charge >= 0.3 is 0 Å². The van der Waals surface area contributed by atoms with Gasteiger partial charge in [0.1, 0.15) is 0 Å². The van der Waals surface area contributed by atoms with E-state index in [1.54, 1.807) is 0 Å². The molecule has 0 radical (unpaired) electrons. The fourth-order valence-electron chi connectivity index (χ4n) is 1.14. The maximum Gasteiger partial charge on any atom is 0.0494 e. The van der Waals surface area contributed by atoms with E-state index < -0.39 is 0 Å². The van der Waals surface area contributed by atoms with Crippen molar-refractivity contribution in [2.75, 3.05) is 26.3 Å². The number of hydrogen-bond acceptors (Lipinski definition) is 2. The van der Waals surface area contributed by atoms with Gasteiger partial charge in [-0.25, -0.2) is 0 Å². The average Bonchev–Trinajstić information content (AvgIpc) is 2.86. The number of hydrogen-bond donors (Lipinski definition) is 1. The van der Waals surface area contributed by atoms with Gasteiger partial charge in [0.25, 0.3) is 0 Å². The van der Waals surface area contributed by atoms with Crippen LogP contribution >= 0.6 is 0 Å². The fraction of sp³-hybridized carbons (Fsp3) is 0.818. The van der Waals surface area contributed by atoms with E-state index in [9.17, 15) is 0 Å². The first kappa shape index (κ1) is 10.7. The molecule has 0 spiro atoms. The Labute approximate surface area is 81.4 Å². The zero-order chi connectivity index (χ0) is 9.52. The molecule has 1 fully saturated rings. The van der Waals surface area contributed by atoms with Gasteiger partial charge in [-0.1, -0.05) is 12.2 Å². The van der Waals surface area contributed by atoms with Crippen molar-refractivity contribution in [2.45, 2.75) is 26.2 Å². The van der Waals surface area contributed by atoms with E-state index in [1.807, 2.05) is 6.92 Å². The van der Waals surface area contributed by atoms with E-state index >= 15 is 0 Å². The summed E-state index contributed by atoms with van der Waals surface area (Å²) >= 11 is 0. The first-order chi connectivity index (χ1) is 6.29. The second kappa shape index (κ2) is 6.17. The third-order valence-corrected chi connectivity index (χ3v) is 2.12. The van der Waals surface area contributed by atoms with Crippen molar-refractivity contribution in [1.29, 1.82) is 0 Å². The van der Waals surface area contributed by atoms with E-state index in [2.05, 4.69) is 11.9 Å². The maximum absolute atomic E-state index is 5.50. The number of ether oxygens (including phenoxy) is 1. The third kappa shape index (κ3) is 6.79. The molecule has 0 atom stereocenters. The summed E-state index contributed by atoms with van der Waals surface area (Å²) in [5.74, 6) is 0.892. The highest BCUT2D eigenvalue weighted by Crippen LogP contribution is 2.28. The molecule has 0 aromatic heterocycles.